The molecule has 0 aliphatic carbocycles. The van der Waals surface area contributed by atoms with E-state index in [0.29, 0.717) is 15.6 Å². The van der Waals surface area contributed by atoms with Gasteiger partial charge in [-0.3, -0.25) is 14.4 Å². The van der Waals surface area contributed by atoms with Gasteiger partial charge >= 0.3 is 5.97 Å². The predicted molar refractivity (Wildman–Crippen MR) is 101 cm³/mol. The van der Waals surface area contributed by atoms with Crippen molar-refractivity contribution in [1.29, 1.82) is 0 Å². The molecule has 0 saturated heterocycles. The number of hydrogen-bond donors (Lipinski definition) is 1. The van der Waals surface area contributed by atoms with Crippen LogP contribution in [0.15, 0.2) is 18.2 Å². The van der Waals surface area contributed by atoms with Gasteiger partial charge in [-0.05, 0) is 32.0 Å². The van der Waals surface area contributed by atoms with Gasteiger partial charge < -0.3 is 10.1 Å². The van der Waals surface area contributed by atoms with Gasteiger partial charge in [-0.15, -0.1) is 11.3 Å². The first-order valence-electron chi connectivity index (χ1n) is 7.64. The molecule has 2 aromatic rings. The lowest BCUT2D eigenvalue weighted by Gasteiger charge is -2.09. The number of carbonyl (C=O) groups excluding carboxylic acids is 3. The summed E-state index contributed by atoms with van der Waals surface area (Å²) in [6.45, 7) is 3.07. The summed E-state index contributed by atoms with van der Waals surface area (Å²) in [4.78, 5) is 41.2. The number of ketones is 1. The van der Waals surface area contributed by atoms with E-state index in [4.69, 9.17) is 27.9 Å². The number of ether oxygens (including phenoxy) is 1. The summed E-state index contributed by atoms with van der Waals surface area (Å²) in [5.41, 5.74) is 0.505. The Labute approximate surface area is 164 Å². The normalized spacial score (nSPS) is 10.5. The number of aryl methyl sites for hydroxylation is 2. The van der Waals surface area contributed by atoms with Crippen molar-refractivity contribution in [3.8, 4) is 0 Å². The molecule has 6 nitrogen and oxygen atoms in total. The average Bonchev–Trinajstić information content (AvgIpc) is 3.02. The van der Waals surface area contributed by atoms with Crippen molar-refractivity contribution in [3.63, 3.8) is 0 Å². The lowest BCUT2D eigenvalue weighted by Crippen LogP contribution is -2.22. The molecule has 1 N–H and O–H groups in total. The number of carbonyl (C=O) groups is 3. The highest BCUT2D eigenvalue weighted by Gasteiger charge is 2.14. The zero-order valence-corrected chi connectivity index (χ0v) is 16.4. The molecule has 0 radical (unpaired) electrons. The Morgan fingerprint density at radius 2 is 1.88 bits per heavy atom. The third-order valence-electron chi connectivity index (χ3n) is 3.30. The van der Waals surface area contributed by atoms with Crippen molar-refractivity contribution >= 4 is 58.0 Å². The first kappa shape index (κ1) is 20.4. The zero-order valence-electron chi connectivity index (χ0n) is 14.1. The largest absolute Gasteiger partial charge is 0.456 e. The minimum absolute atomic E-state index is 0.0319. The van der Waals surface area contributed by atoms with Crippen LogP contribution in [0.2, 0.25) is 10.0 Å². The molecule has 9 heteroatoms. The highest BCUT2D eigenvalue weighted by molar-refractivity contribution is 7.14. The zero-order chi connectivity index (χ0) is 19.3. The van der Waals surface area contributed by atoms with Crippen molar-refractivity contribution in [2.45, 2.75) is 26.7 Å². The molecule has 0 atom stereocenters. The molecule has 2 heterocycles. The number of aromatic nitrogens is 1. The van der Waals surface area contributed by atoms with E-state index in [1.54, 1.807) is 13.0 Å². The topological polar surface area (TPSA) is 85.4 Å². The Hall–Kier alpha value is -1.96. The third kappa shape index (κ3) is 5.79. The van der Waals surface area contributed by atoms with Gasteiger partial charge in [0, 0.05) is 11.3 Å². The smallest absolute Gasteiger partial charge is 0.306 e. The summed E-state index contributed by atoms with van der Waals surface area (Å²) in [6, 6.07) is 5.04. The molecule has 0 spiro atoms. The number of nitrogens with zero attached hydrogens (tertiary/aromatic N) is 1. The third-order valence-corrected chi connectivity index (χ3v) is 5.01. The van der Waals surface area contributed by atoms with Crippen LogP contribution in [0.5, 0.6) is 0 Å². The number of Topliss-reactive ketones (excluding diaryl/α,β-unsaturated/α-hetero) is 1. The molecule has 0 aliphatic heterocycles. The van der Waals surface area contributed by atoms with Gasteiger partial charge in [0.25, 0.3) is 5.91 Å². The van der Waals surface area contributed by atoms with Crippen molar-refractivity contribution in [2.75, 3.05) is 11.9 Å². The average molecular weight is 415 g/mol. The van der Waals surface area contributed by atoms with Crippen molar-refractivity contribution in [3.05, 3.63) is 43.7 Å². The number of pyridine rings is 1. The number of hydrogen-bond acceptors (Lipinski definition) is 6. The van der Waals surface area contributed by atoms with Crippen LogP contribution in [0.25, 0.3) is 0 Å². The second-order valence-corrected chi connectivity index (χ2v) is 7.53. The van der Waals surface area contributed by atoms with Gasteiger partial charge in [-0.2, -0.15) is 0 Å². The number of nitrogens with one attached hydrogen (secondary N) is 1. The molecule has 0 fully saturated rings. The first-order chi connectivity index (χ1) is 12.3. The van der Waals surface area contributed by atoms with Crippen molar-refractivity contribution in [1.82, 2.24) is 4.98 Å². The number of anilines is 1. The van der Waals surface area contributed by atoms with Crippen LogP contribution < -0.4 is 5.32 Å². The molecular weight excluding hydrogens is 399 g/mol. The van der Waals surface area contributed by atoms with E-state index in [9.17, 15) is 14.4 Å². The molecule has 0 aliphatic rings. The predicted octanol–water partition coefficient (Wildman–Crippen LogP) is 4.21. The highest BCUT2D eigenvalue weighted by atomic mass is 35.5. The maximum absolute atomic E-state index is 11.9. The number of esters is 1. The monoisotopic (exact) mass is 414 g/mol. The van der Waals surface area contributed by atoms with Crippen LogP contribution in [0.4, 0.5) is 5.82 Å². The highest BCUT2D eigenvalue weighted by Crippen LogP contribution is 2.25. The number of rotatable bonds is 7. The first-order valence-corrected chi connectivity index (χ1v) is 9.21. The number of thiophene rings is 1. The van der Waals surface area contributed by atoms with Crippen molar-refractivity contribution < 1.29 is 19.1 Å². The van der Waals surface area contributed by atoms with Crippen LogP contribution in [-0.2, 0) is 14.3 Å². The summed E-state index contributed by atoms with van der Waals surface area (Å²) >= 11 is 13.2. The van der Waals surface area contributed by atoms with Gasteiger partial charge in [0.1, 0.15) is 0 Å². The Morgan fingerprint density at radius 3 is 2.54 bits per heavy atom. The minimum Gasteiger partial charge on any atom is -0.456 e. The van der Waals surface area contributed by atoms with E-state index in [-0.39, 0.29) is 29.5 Å². The van der Waals surface area contributed by atoms with E-state index in [0.717, 1.165) is 4.88 Å². The lowest BCUT2D eigenvalue weighted by atomic mass is 10.2. The Bertz CT molecular complexity index is 851. The summed E-state index contributed by atoms with van der Waals surface area (Å²) in [6.07, 6.45) is -0.0632. The summed E-state index contributed by atoms with van der Waals surface area (Å²) < 4.78 is 4.86. The fourth-order valence-corrected chi connectivity index (χ4v) is 3.20. The van der Waals surface area contributed by atoms with Gasteiger partial charge in [-0.1, -0.05) is 23.2 Å². The van der Waals surface area contributed by atoms with Crippen LogP contribution in [0.1, 0.15) is 33.1 Å². The molecule has 0 saturated carbocycles. The van der Waals surface area contributed by atoms with Crippen LogP contribution in [-0.4, -0.2) is 29.3 Å². The lowest BCUT2D eigenvalue weighted by molar-refractivity contribution is -0.147. The van der Waals surface area contributed by atoms with E-state index >= 15 is 0 Å². The molecule has 1 amide bonds. The molecule has 0 bridgehead atoms. The SMILES string of the molecule is Cc1ccc(C(=O)CCC(=O)OCC(=O)Nc2nc(C)c(Cl)cc2Cl)s1. The van der Waals surface area contributed by atoms with E-state index in [1.807, 2.05) is 13.0 Å². The summed E-state index contributed by atoms with van der Waals surface area (Å²) in [7, 11) is 0. The molecule has 2 rings (SSSR count). The second kappa shape index (κ2) is 9.12. The van der Waals surface area contributed by atoms with Crippen molar-refractivity contribution in [2.24, 2.45) is 0 Å². The fraction of sp³-hybridized carbons (Fsp3) is 0.294. The van der Waals surface area contributed by atoms with Crippen LogP contribution in [0.3, 0.4) is 0 Å². The van der Waals surface area contributed by atoms with E-state index in [1.165, 1.54) is 17.4 Å². The quantitative estimate of drug-likeness (QED) is 0.541. The van der Waals surface area contributed by atoms with E-state index < -0.39 is 18.5 Å². The Balaban J connectivity index is 1.77. The maximum Gasteiger partial charge on any atom is 0.306 e. The van der Waals surface area contributed by atoms with Gasteiger partial charge in [0.05, 0.1) is 27.0 Å². The molecule has 2 aromatic heterocycles. The van der Waals surface area contributed by atoms with Gasteiger partial charge in [0.2, 0.25) is 0 Å². The Kier molecular flexibility index (Phi) is 7.14. The van der Waals surface area contributed by atoms with Crippen LogP contribution >= 0.6 is 34.5 Å². The standard InChI is InChI=1S/C17H16Cl2N2O4S/c1-9-3-5-14(26-9)13(22)4-6-16(24)25-8-15(23)21-17-12(19)7-11(18)10(2)20-17/h3,5,7H,4,6,8H2,1-2H3,(H,20,21,23). The maximum atomic E-state index is 11.9. The molecular formula is C17H16Cl2N2O4S. The molecule has 0 unspecified atom stereocenters. The number of amides is 1. The van der Waals surface area contributed by atoms with Crippen LogP contribution in [0, 0.1) is 13.8 Å². The summed E-state index contributed by atoms with van der Waals surface area (Å²) in [5.74, 6) is -1.21. The fourth-order valence-electron chi connectivity index (χ4n) is 1.96. The molecule has 26 heavy (non-hydrogen) atoms. The van der Waals surface area contributed by atoms with E-state index in [2.05, 4.69) is 10.3 Å². The molecule has 138 valence electrons. The summed E-state index contributed by atoms with van der Waals surface area (Å²) in [5, 5.41) is 3.00. The Morgan fingerprint density at radius 1 is 1.15 bits per heavy atom. The minimum atomic E-state index is -0.631. The van der Waals surface area contributed by atoms with Gasteiger partial charge in [-0.25, -0.2) is 4.98 Å². The van der Waals surface area contributed by atoms with Gasteiger partial charge in [0.15, 0.2) is 18.2 Å². The second-order valence-electron chi connectivity index (χ2n) is 5.43. The molecule has 0 aromatic carbocycles. The number of halogens is 2.